The summed E-state index contributed by atoms with van der Waals surface area (Å²) in [6, 6.07) is 9.82. The number of hydrogen-bond acceptors (Lipinski definition) is 5. The van der Waals surface area contributed by atoms with E-state index in [0.29, 0.717) is 5.56 Å². The second-order valence-electron chi connectivity index (χ2n) is 5.75. The second kappa shape index (κ2) is 7.29. The van der Waals surface area contributed by atoms with Crippen LogP contribution in [-0.2, 0) is 4.79 Å². The van der Waals surface area contributed by atoms with Crippen LogP contribution in [0.4, 0.5) is 0 Å². The standard InChI is InChI=1S/C17H20N4O3/c1-11-4-2-3-5-13(11)14-8-15(21-20-14)19-16(22)9-18-17(23)12-6-7-24-10-12/h2-7,10,14-15,20-21H,8-9H2,1H3,(H,18,23)(H,19,22). The van der Waals surface area contributed by atoms with Gasteiger partial charge in [-0.1, -0.05) is 24.3 Å². The zero-order valence-electron chi connectivity index (χ0n) is 13.3. The fourth-order valence-electron chi connectivity index (χ4n) is 2.73. The Bertz CT molecular complexity index is 714. The van der Waals surface area contributed by atoms with Gasteiger partial charge in [0.25, 0.3) is 5.91 Å². The Hall–Kier alpha value is -2.64. The average Bonchev–Trinajstić information content (AvgIpc) is 3.25. The van der Waals surface area contributed by atoms with Crippen LogP contribution < -0.4 is 21.5 Å². The summed E-state index contributed by atoms with van der Waals surface area (Å²) in [5.74, 6) is -0.592. The third kappa shape index (κ3) is 3.81. The van der Waals surface area contributed by atoms with Gasteiger partial charge in [-0.05, 0) is 24.1 Å². The molecule has 1 aromatic carbocycles. The molecule has 0 radical (unpaired) electrons. The van der Waals surface area contributed by atoms with Crippen molar-refractivity contribution in [2.75, 3.05) is 6.54 Å². The number of benzene rings is 1. The summed E-state index contributed by atoms with van der Waals surface area (Å²) in [7, 11) is 0. The number of rotatable bonds is 5. The fourth-order valence-corrected chi connectivity index (χ4v) is 2.73. The Morgan fingerprint density at radius 2 is 2.08 bits per heavy atom. The van der Waals surface area contributed by atoms with E-state index >= 15 is 0 Å². The van der Waals surface area contributed by atoms with Gasteiger partial charge in [0.1, 0.15) is 6.26 Å². The molecule has 3 rings (SSSR count). The van der Waals surface area contributed by atoms with Gasteiger partial charge in [-0.3, -0.25) is 9.59 Å². The Kier molecular flexibility index (Phi) is 4.93. The van der Waals surface area contributed by atoms with Gasteiger partial charge in [0.05, 0.1) is 24.5 Å². The molecule has 2 atom stereocenters. The summed E-state index contributed by atoms with van der Waals surface area (Å²) in [5.41, 5.74) is 9.06. The molecule has 2 amide bonds. The quantitative estimate of drug-likeness (QED) is 0.657. The SMILES string of the molecule is Cc1ccccc1C1CC(NC(=O)CNC(=O)c2ccoc2)NN1. The lowest BCUT2D eigenvalue weighted by atomic mass is 9.99. The second-order valence-corrected chi connectivity index (χ2v) is 5.75. The first-order valence-electron chi connectivity index (χ1n) is 7.80. The highest BCUT2D eigenvalue weighted by Gasteiger charge is 2.26. The molecule has 2 unspecified atom stereocenters. The predicted molar refractivity (Wildman–Crippen MR) is 87.8 cm³/mol. The highest BCUT2D eigenvalue weighted by Crippen LogP contribution is 2.23. The van der Waals surface area contributed by atoms with E-state index in [4.69, 9.17) is 4.42 Å². The average molecular weight is 328 g/mol. The number of nitrogens with one attached hydrogen (secondary N) is 4. The zero-order chi connectivity index (χ0) is 16.9. The number of hydrogen-bond donors (Lipinski definition) is 4. The topological polar surface area (TPSA) is 95.4 Å². The lowest BCUT2D eigenvalue weighted by Gasteiger charge is -2.13. The maximum Gasteiger partial charge on any atom is 0.254 e. The minimum absolute atomic E-state index is 0.0861. The molecule has 1 aliphatic rings. The zero-order valence-corrected chi connectivity index (χ0v) is 13.3. The fraction of sp³-hybridized carbons (Fsp3) is 0.294. The van der Waals surface area contributed by atoms with Gasteiger partial charge in [-0.15, -0.1) is 0 Å². The van der Waals surface area contributed by atoms with E-state index in [1.807, 2.05) is 12.1 Å². The van der Waals surface area contributed by atoms with Crippen molar-refractivity contribution >= 4 is 11.8 Å². The first-order chi connectivity index (χ1) is 11.6. The third-order valence-electron chi connectivity index (χ3n) is 4.00. The summed E-state index contributed by atoms with van der Waals surface area (Å²) in [6.07, 6.45) is 3.29. The molecular weight excluding hydrogens is 308 g/mol. The molecule has 1 aromatic heterocycles. The van der Waals surface area contributed by atoms with Crippen LogP contribution in [0.25, 0.3) is 0 Å². The van der Waals surface area contributed by atoms with E-state index in [1.165, 1.54) is 23.7 Å². The van der Waals surface area contributed by atoms with Crippen LogP contribution in [0.3, 0.4) is 0 Å². The van der Waals surface area contributed by atoms with E-state index in [1.54, 1.807) is 6.07 Å². The number of carbonyl (C=O) groups is 2. The minimum Gasteiger partial charge on any atom is -0.472 e. The Balaban J connectivity index is 1.46. The number of furan rings is 1. The lowest BCUT2D eigenvalue weighted by molar-refractivity contribution is -0.120. The number of aryl methyl sites for hydroxylation is 1. The Morgan fingerprint density at radius 3 is 2.83 bits per heavy atom. The molecule has 0 aliphatic carbocycles. The summed E-state index contributed by atoms with van der Waals surface area (Å²) in [4.78, 5) is 23.7. The van der Waals surface area contributed by atoms with Crippen molar-refractivity contribution in [3.63, 3.8) is 0 Å². The molecule has 0 spiro atoms. The molecule has 1 fully saturated rings. The van der Waals surface area contributed by atoms with Crippen molar-refractivity contribution in [1.29, 1.82) is 0 Å². The van der Waals surface area contributed by atoms with E-state index < -0.39 is 0 Å². The van der Waals surface area contributed by atoms with Crippen LogP contribution >= 0.6 is 0 Å². The van der Waals surface area contributed by atoms with Gasteiger partial charge in [0, 0.05) is 12.5 Å². The maximum atomic E-state index is 12.0. The molecular formula is C17H20N4O3. The van der Waals surface area contributed by atoms with E-state index in [9.17, 15) is 9.59 Å². The van der Waals surface area contributed by atoms with E-state index in [-0.39, 0.29) is 30.6 Å². The third-order valence-corrected chi connectivity index (χ3v) is 4.00. The molecule has 2 heterocycles. The molecule has 4 N–H and O–H groups in total. The molecule has 126 valence electrons. The monoisotopic (exact) mass is 328 g/mol. The number of amides is 2. The molecule has 24 heavy (non-hydrogen) atoms. The van der Waals surface area contributed by atoms with Crippen LogP contribution in [-0.4, -0.2) is 24.5 Å². The highest BCUT2D eigenvalue weighted by atomic mass is 16.3. The van der Waals surface area contributed by atoms with E-state index in [2.05, 4.69) is 40.5 Å². The summed E-state index contributed by atoms with van der Waals surface area (Å²) in [5, 5.41) is 5.40. The Morgan fingerprint density at radius 1 is 1.25 bits per heavy atom. The first-order valence-corrected chi connectivity index (χ1v) is 7.80. The summed E-state index contributed by atoms with van der Waals surface area (Å²) >= 11 is 0. The van der Waals surface area contributed by atoms with Crippen LogP contribution in [0.1, 0.15) is 33.9 Å². The first kappa shape index (κ1) is 16.2. The number of carbonyl (C=O) groups excluding carboxylic acids is 2. The van der Waals surface area contributed by atoms with Crippen LogP contribution in [0.5, 0.6) is 0 Å². The Labute approximate surface area is 139 Å². The van der Waals surface area contributed by atoms with Gasteiger partial charge in [0.15, 0.2) is 0 Å². The molecule has 7 heteroatoms. The summed E-state index contributed by atoms with van der Waals surface area (Å²) < 4.78 is 4.83. The predicted octanol–water partition coefficient (Wildman–Crippen LogP) is 0.999. The molecule has 0 saturated carbocycles. The van der Waals surface area contributed by atoms with Gasteiger partial charge in [-0.25, -0.2) is 10.9 Å². The van der Waals surface area contributed by atoms with Crippen molar-refractivity contribution in [3.05, 3.63) is 59.5 Å². The van der Waals surface area contributed by atoms with Crippen LogP contribution in [0.2, 0.25) is 0 Å². The minimum atomic E-state index is -0.339. The van der Waals surface area contributed by atoms with Crippen molar-refractivity contribution in [3.8, 4) is 0 Å². The van der Waals surface area contributed by atoms with E-state index in [0.717, 1.165) is 6.42 Å². The normalized spacial score (nSPS) is 19.9. The number of hydrazine groups is 1. The van der Waals surface area contributed by atoms with Crippen molar-refractivity contribution < 1.29 is 14.0 Å². The highest BCUT2D eigenvalue weighted by molar-refractivity contribution is 5.96. The van der Waals surface area contributed by atoms with Crippen molar-refractivity contribution in [2.24, 2.45) is 0 Å². The molecule has 0 bridgehead atoms. The van der Waals surface area contributed by atoms with Gasteiger partial charge in [0.2, 0.25) is 5.91 Å². The van der Waals surface area contributed by atoms with Crippen molar-refractivity contribution in [1.82, 2.24) is 21.5 Å². The molecule has 1 saturated heterocycles. The molecule has 2 aromatic rings. The summed E-state index contributed by atoms with van der Waals surface area (Å²) in [6.45, 7) is 1.98. The molecule has 1 aliphatic heterocycles. The van der Waals surface area contributed by atoms with Crippen LogP contribution in [0.15, 0.2) is 47.3 Å². The van der Waals surface area contributed by atoms with Crippen molar-refractivity contribution in [2.45, 2.75) is 25.6 Å². The lowest BCUT2D eigenvalue weighted by Crippen LogP contribution is -2.47. The van der Waals surface area contributed by atoms with Crippen LogP contribution in [0, 0.1) is 6.92 Å². The van der Waals surface area contributed by atoms with Gasteiger partial charge in [-0.2, -0.15) is 0 Å². The van der Waals surface area contributed by atoms with Gasteiger partial charge < -0.3 is 15.1 Å². The largest absolute Gasteiger partial charge is 0.472 e. The van der Waals surface area contributed by atoms with Gasteiger partial charge >= 0.3 is 0 Å². The molecule has 7 nitrogen and oxygen atoms in total. The smallest absolute Gasteiger partial charge is 0.254 e. The maximum absolute atomic E-state index is 12.0.